The fraction of sp³-hybridized carbons (Fsp3) is 0.143. The van der Waals surface area contributed by atoms with Crippen LogP contribution in [0.5, 0.6) is 17.2 Å². The van der Waals surface area contributed by atoms with E-state index in [0.717, 1.165) is 11.1 Å². The molecule has 1 radical (unpaired) electrons. The first-order valence-corrected chi connectivity index (χ1v) is 5.18. The zero-order chi connectivity index (χ0) is 12.3. The van der Waals surface area contributed by atoms with Gasteiger partial charge in [0.1, 0.15) is 17.2 Å². The molecular weight excluding hydrogens is 216 g/mol. The third-order valence-corrected chi connectivity index (χ3v) is 2.49. The lowest BCUT2D eigenvalue weighted by atomic mass is 10.0. The standard InChI is InChI=1S/C14H13O3/c1-16-12-7-8-13(14(9-12)17-2)10-3-5-11(15)6-4-10/h3-8,15H,1-2H3. The fourth-order valence-corrected chi connectivity index (χ4v) is 1.60. The fourth-order valence-electron chi connectivity index (χ4n) is 1.60. The Hall–Kier alpha value is -2.16. The number of phenols is 1. The summed E-state index contributed by atoms with van der Waals surface area (Å²) in [5.74, 6) is 1.49. The molecule has 0 aliphatic heterocycles. The van der Waals surface area contributed by atoms with Crippen LogP contribution in [0, 0.1) is 6.07 Å². The molecule has 17 heavy (non-hydrogen) atoms. The van der Waals surface area contributed by atoms with Crippen molar-refractivity contribution in [3.05, 3.63) is 42.5 Å². The number of phenolic OH excluding ortho intramolecular Hbond substituents is 1. The summed E-state index contributed by atoms with van der Waals surface area (Å²) in [4.78, 5) is 0. The summed E-state index contributed by atoms with van der Waals surface area (Å²) >= 11 is 0. The average Bonchev–Trinajstić information content (AvgIpc) is 2.39. The minimum atomic E-state index is 0.241. The normalized spacial score (nSPS) is 10.0. The van der Waals surface area contributed by atoms with Gasteiger partial charge in [0.05, 0.1) is 20.3 Å². The summed E-state index contributed by atoms with van der Waals surface area (Å²) in [6, 6.07) is 13.7. The molecule has 0 heterocycles. The second-order valence-corrected chi connectivity index (χ2v) is 3.52. The number of rotatable bonds is 3. The molecular formula is C14H13O3. The topological polar surface area (TPSA) is 38.7 Å². The average molecular weight is 229 g/mol. The van der Waals surface area contributed by atoms with Crippen molar-refractivity contribution in [2.45, 2.75) is 0 Å². The minimum Gasteiger partial charge on any atom is -0.508 e. The van der Waals surface area contributed by atoms with Gasteiger partial charge in [-0.3, -0.25) is 0 Å². The van der Waals surface area contributed by atoms with Crippen LogP contribution in [0.1, 0.15) is 0 Å². The van der Waals surface area contributed by atoms with E-state index in [0.29, 0.717) is 11.5 Å². The highest BCUT2D eigenvalue weighted by molar-refractivity contribution is 5.71. The maximum Gasteiger partial charge on any atom is 0.138 e. The summed E-state index contributed by atoms with van der Waals surface area (Å²) in [7, 11) is 3.18. The number of hydrogen-bond acceptors (Lipinski definition) is 3. The lowest BCUT2D eigenvalue weighted by molar-refractivity contribution is 0.393. The maximum absolute atomic E-state index is 9.25. The van der Waals surface area contributed by atoms with E-state index < -0.39 is 0 Å². The maximum atomic E-state index is 9.25. The quantitative estimate of drug-likeness (QED) is 0.879. The molecule has 2 rings (SSSR count). The first kappa shape index (κ1) is 11.3. The van der Waals surface area contributed by atoms with Crippen molar-refractivity contribution in [2.75, 3.05) is 14.2 Å². The van der Waals surface area contributed by atoms with Crippen molar-refractivity contribution in [1.29, 1.82) is 0 Å². The number of ether oxygens (including phenoxy) is 2. The summed E-state index contributed by atoms with van der Waals surface area (Å²) in [5, 5.41) is 9.25. The molecule has 0 saturated heterocycles. The second-order valence-electron chi connectivity index (χ2n) is 3.52. The molecule has 3 nitrogen and oxygen atoms in total. The lowest BCUT2D eigenvalue weighted by Crippen LogP contribution is -1.90. The van der Waals surface area contributed by atoms with E-state index in [1.54, 1.807) is 26.4 Å². The summed E-state index contributed by atoms with van der Waals surface area (Å²) in [6.07, 6.45) is 0. The predicted molar refractivity (Wildman–Crippen MR) is 65.5 cm³/mol. The predicted octanol–water partition coefficient (Wildman–Crippen LogP) is 2.88. The van der Waals surface area contributed by atoms with Crippen LogP contribution in [0.25, 0.3) is 11.1 Å². The van der Waals surface area contributed by atoms with Gasteiger partial charge in [0, 0.05) is 5.56 Å². The molecule has 1 N–H and O–H groups in total. The van der Waals surface area contributed by atoms with Crippen LogP contribution in [-0.4, -0.2) is 19.3 Å². The second kappa shape index (κ2) is 4.78. The van der Waals surface area contributed by atoms with Gasteiger partial charge in [-0.15, -0.1) is 0 Å². The van der Waals surface area contributed by atoms with E-state index in [1.807, 2.05) is 24.3 Å². The molecule has 0 amide bonds. The van der Waals surface area contributed by atoms with Crippen LogP contribution < -0.4 is 9.47 Å². The van der Waals surface area contributed by atoms with Crippen LogP contribution in [-0.2, 0) is 0 Å². The smallest absolute Gasteiger partial charge is 0.138 e. The van der Waals surface area contributed by atoms with E-state index in [4.69, 9.17) is 9.47 Å². The number of hydrogen-bond donors (Lipinski definition) is 1. The van der Waals surface area contributed by atoms with Gasteiger partial charge in [0.2, 0.25) is 0 Å². The van der Waals surface area contributed by atoms with Gasteiger partial charge in [-0.1, -0.05) is 12.1 Å². The Kier molecular flexibility index (Phi) is 3.19. The van der Waals surface area contributed by atoms with Gasteiger partial charge in [-0.05, 0) is 29.8 Å². The highest BCUT2D eigenvalue weighted by Gasteiger charge is 2.07. The van der Waals surface area contributed by atoms with E-state index in [-0.39, 0.29) is 5.75 Å². The zero-order valence-electron chi connectivity index (χ0n) is 9.73. The Morgan fingerprint density at radius 2 is 1.65 bits per heavy atom. The first-order chi connectivity index (χ1) is 8.24. The molecule has 0 atom stereocenters. The van der Waals surface area contributed by atoms with E-state index in [2.05, 4.69) is 6.07 Å². The molecule has 0 bridgehead atoms. The van der Waals surface area contributed by atoms with Crippen LogP contribution in [0.3, 0.4) is 0 Å². The zero-order valence-corrected chi connectivity index (χ0v) is 9.73. The molecule has 0 aliphatic carbocycles. The van der Waals surface area contributed by atoms with E-state index >= 15 is 0 Å². The van der Waals surface area contributed by atoms with Crippen LogP contribution in [0.2, 0.25) is 0 Å². The van der Waals surface area contributed by atoms with Crippen molar-refractivity contribution in [1.82, 2.24) is 0 Å². The Labute approximate surface area is 100 Å². The molecule has 2 aromatic carbocycles. The van der Waals surface area contributed by atoms with Gasteiger partial charge in [-0.2, -0.15) is 0 Å². The third kappa shape index (κ3) is 2.33. The molecule has 0 saturated carbocycles. The van der Waals surface area contributed by atoms with Gasteiger partial charge in [0.25, 0.3) is 0 Å². The Balaban J connectivity index is 2.47. The van der Waals surface area contributed by atoms with Gasteiger partial charge in [0.15, 0.2) is 0 Å². The third-order valence-electron chi connectivity index (χ3n) is 2.49. The Morgan fingerprint density at radius 1 is 0.941 bits per heavy atom. The monoisotopic (exact) mass is 229 g/mol. The van der Waals surface area contributed by atoms with Gasteiger partial charge >= 0.3 is 0 Å². The number of benzene rings is 2. The largest absolute Gasteiger partial charge is 0.508 e. The Bertz CT molecular complexity index is 503. The summed E-state index contributed by atoms with van der Waals surface area (Å²) < 4.78 is 10.4. The van der Waals surface area contributed by atoms with Crippen molar-refractivity contribution in [3.63, 3.8) is 0 Å². The lowest BCUT2D eigenvalue weighted by Gasteiger charge is -2.10. The highest BCUT2D eigenvalue weighted by Crippen LogP contribution is 2.33. The first-order valence-electron chi connectivity index (χ1n) is 5.18. The van der Waals surface area contributed by atoms with Crippen molar-refractivity contribution in [2.24, 2.45) is 0 Å². The molecule has 87 valence electrons. The van der Waals surface area contributed by atoms with Crippen LogP contribution in [0.15, 0.2) is 36.4 Å². The molecule has 0 aliphatic rings. The van der Waals surface area contributed by atoms with Gasteiger partial charge in [-0.25, -0.2) is 0 Å². The summed E-state index contributed by atoms with van der Waals surface area (Å²) in [6.45, 7) is 0. The van der Waals surface area contributed by atoms with Gasteiger partial charge < -0.3 is 14.6 Å². The van der Waals surface area contributed by atoms with Crippen LogP contribution >= 0.6 is 0 Å². The molecule has 0 unspecified atom stereocenters. The van der Waals surface area contributed by atoms with Crippen molar-refractivity contribution in [3.8, 4) is 28.4 Å². The summed E-state index contributed by atoms with van der Waals surface area (Å²) in [5.41, 5.74) is 1.87. The highest BCUT2D eigenvalue weighted by atomic mass is 16.5. The molecule has 3 heteroatoms. The van der Waals surface area contributed by atoms with E-state index in [9.17, 15) is 5.11 Å². The van der Waals surface area contributed by atoms with E-state index in [1.165, 1.54) is 0 Å². The van der Waals surface area contributed by atoms with Crippen molar-refractivity contribution < 1.29 is 14.6 Å². The number of aromatic hydroxyl groups is 1. The Morgan fingerprint density at radius 3 is 2.24 bits per heavy atom. The number of methoxy groups -OCH3 is 2. The minimum absolute atomic E-state index is 0.241. The van der Waals surface area contributed by atoms with Crippen molar-refractivity contribution >= 4 is 0 Å². The SMILES string of the molecule is COc1[c]c(OC)c(-c2ccc(O)cc2)cc1. The molecule has 0 spiro atoms. The van der Waals surface area contributed by atoms with Crippen LogP contribution in [0.4, 0.5) is 0 Å². The molecule has 2 aromatic rings. The molecule has 0 aromatic heterocycles. The molecule has 0 fully saturated rings.